The van der Waals surface area contributed by atoms with Crippen LogP contribution in [0.15, 0.2) is 23.1 Å². The Morgan fingerprint density at radius 3 is 2.50 bits per heavy atom. The summed E-state index contributed by atoms with van der Waals surface area (Å²) in [6, 6.07) is 5.00. The van der Waals surface area contributed by atoms with Gasteiger partial charge in [-0.25, -0.2) is 8.42 Å². The van der Waals surface area contributed by atoms with E-state index in [1.807, 2.05) is 0 Å². The number of sulfonamides is 1. The number of hydrogen-bond acceptors (Lipinski definition) is 3. The van der Waals surface area contributed by atoms with Crippen LogP contribution in [0.1, 0.15) is 12.8 Å². The van der Waals surface area contributed by atoms with Gasteiger partial charge in [0, 0.05) is 13.1 Å². The largest absolute Gasteiger partial charge is 0.331 e. The molecule has 0 unspecified atom stereocenters. The monoisotopic (exact) mass is 283 g/mol. The molecule has 0 bridgehead atoms. The van der Waals surface area contributed by atoms with Gasteiger partial charge in [0.15, 0.2) is 4.77 Å². The highest BCUT2D eigenvalue weighted by atomic mass is 32.2. The minimum atomic E-state index is -3.36. The van der Waals surface area contributed by atoms with Crippen LogP contribution >= 0.6 is 12.2 Å². The predicted molar refractivity (Wildman–Crippen MR) is 71.5 cm³/mol. The van der Waals surface area contributed by atoms with Crippen LogP contribution in [0.25, 0.3) is 11.0 Å². The summed E-state index contributed by atoms with van der Waals surface area (Å²) in [6.07, 6.45) is 1.88. The van der Waals surface area contributed by atoms with Crippen molar-refractivity contribution in [1.82, 2.24) is 14.3 Å². The van der Waals surface area contributed by atoms with Crippen molar-refractivity contribution >= 4 is 33.3 Å². The summed E-state index contributed by atoms with van der Waals surface area (Å²) in [5.74, 6) is 0. The summed E-state index contributed by atoms with van der Waals surface area (Å²) in [5.41, 5.74) is 1.54. The second-order valence-corrected chi connectivity index (χ2v) is 6.74. The van der Waals surface area contributed by atoms with Crippen LogP contribution in [0, 0.1) is 4.77 Å². The standard InChI is InChI=1S/C11H13N3O2S2/c15-18(16,14-5-1-2-6-14)8-3-4-9-10(7-8)13-11(17)12-9/h3-4,7H,1-2,5-6H2,(H2,12,13,17). The molecule has 0 spiro atoms. The van der Waals surface area contributed by atoms with Gasteiger partial charge in [0.2, 0.25) is 10.0 Å². The maximum Gasteiger partial charge on any atom is 0.243 e. The molecule has 0 aliphatic carbocycles. The highest BCUT2D eigenvalue weighted by molar-refractivity contribution is 7.89. The Morgan fingerprint density at radius 2 is 1.78 bits per heavy atom. The SMILES string of the molecule is O=S(=O)(c1ccc2[nH]c(=S)[nH]c2c1)N1CCCC1. The van der Waals surface area contributed by atoms with Gasteiger partial charge in [-0.2, -0.15) is 4.31 Å². The van der Waals surface area contributed by atoms with Gasteiger partial charge >= 0.3 is 0 Å². The van der Waals surface area contributed by atoms with Crippen molar-refractivity contribution in [1.29, 1.82) is 0 Å². The third kappa shape index (κ3) is 1.88. The molecule has 1 aliphatic rings. The summed E-state index contributed by atoms with van der Waals surface area (Å²) in [7, 11) is -3.36. The quantitative estimate of drug-likeness (QED) is 0.828. The molecule has 0 amide bonds. The van der Waals surface area contributed by atoms with E-state index in [1.54, 1.807) is 18.2 Å². The van der Waals surface area contributed by atoms with Gasteiger partial charge in [-0.15, -0.1) is 0 Å². The van der Waals surface area contributed by atoms with Crippen LogP contribution < -0.4 is 0 Å². The summed E-state index contributed by atoms with van der Waals surface area (Å²) in [4.78, 5) is 6.22. The number of aromatic nitrogens is 2. The topological polar surface area (TPSA) is 69.0 Å². The summed E-state index contributed by atoms with van der Waals surface area (Å²) >= 11 is 4.99. The number of nitrogens with zero attached hydrogens (tertiary/aromatic N) is 1. The van der Waals surface area contributed by atoms with Crippen LogP contribution in [0.3, 0.4) is 0 Å². The number of hydrogen-bond donors (Lipinski definition) is 2. The zero-order valence-corrected chi connectivity index (χ0v) is 11.3. The maximum atomic E-state index is 12.4. The smallest absolute Gasteiger partial charge is 0.243 e. The van der Waals surface area contributed by atoms with Gasteiger partial charge in [0.05, 0.1) is 15.9 Å². The fourth-order valence-corrected chi connectivity index (χ4v) is 4.01. The molecule has 1 aromatic carbocycles. The van der Waals surface area contributed by atoms with Gasteiger partial charge in [-0.3, -0.25) is 0 Å². The summed E-state index contributed by atoms with van der Waals surface area (Å²) < 4.78 is 26.8. The summed E-state index contributed by atoms with van der Waals surface area (Å²) in [6.45, 7) is 1.23. The van der Waals surface area contributed by atoms with Crippen LogP contribution in [0.4, 0.5) is 0 Å². The van der Waals surface area contributed by atoms with E-state index in [0.29, 0.717) is 22.8 Å². The lowest BCUT2D eigenvalue weighted by atomic mass is 10.3. The number of imidazole rings is 1. The summed E-state index contributed by atoms with van der Waals surface area (Å²) in [5, 5.41) is 0. The average molecular weight is 283 g/mol. The first-order chi connectivity index (χ1) is 8.57. The molecule has 5 nitrogen and oxygen atoms in total. The lowest BCUT2D eigenvalue weighted by Gasteiger charge is -2.15. The second-order valence-electron chi connectivity index (χ2n) is 4.40. The number of aromatic amines is 2. The van der Waals surface area contributed by atoms with Crippen molar-refractivity contribution in [3.8, 4) is 0 Å². The fourth-order valence-electron chi connectivity index (χ4n) is 2.25. The first-order valence-electron chi connectivity index (χ1n) is 5.79. The second kappa shape index (κ2) is 4.18. The lowest BCUT2D eigenvalue weighted by molar-refractivity contribution is 0.477. The van der Waals surface area contributed by atoms with E-state index in [4.69, 9.17) is 12.2 Å². The lowest BCUT2D eigenvalue weighted by Crippen LogP contribution is -2.27. The Balaban J connectivity index is 2.10. The number of nitrogens with one attached hydrogen (secondary N) is 2. The van der Waals surface area contributed by atoms with E-state index in [1.165, 1.54) is 4.31 Å². The zero-order valence-electron chi connectivity index (χ0n) is 9.64. The number of rotatable bonds is 2. The van der Waals surface area contributed by atoms with Crippen molar-refractivity contribution in [2.24, 2.45) is 0 Å². The van der Waals surface area contributed by atoms with Crippen molar-refractivity contribution in [2.75, 3.05) is 13.1 Å². The Bertz CT molecular complexity index is 739. The van der Waals surface area contributed by atoms with Crippen molar-refractivity contribution < 1.29 is 8.42 Å². The molecule has 0 saturated carbocycles. The van der Waals surface area contributed by atoms with Crippen molar-refractivity contribution in [2.45, 2.75) is 17.7 Å². The molecule has 96 valence electrons. The molecule has 2 N–H and O–H groups in total. The number of H-pyrrole nitrogens is 2. The molecular formula is C11H13N3O2S2. The molecule has 2 heterocycles. The van der Waals surface area contributed by atoms with Crippen molar-refractivity contribution in [3.05, 3.63) is 23.0 Å². The van der Waals surface area contributed by atoms with Crippen LogP contribution in [0.2, 0.25) is 0 Å². The molecule has 18 heavy (non-hydrogen) atoms. The van der Waals surface area contributed by atoms with Crippen LogP contribution in [-0.4, -0.2) is 35.8 Å². The van der Waals surface area contributed by atoms with Crippen LogP contribution in [-0.2, 0) is 10.0 Å². The molecule has 1 aromatic heterocycles. The molecule has 7 heteroatoms. The van der Waals surface area contributed by atoms with E-state index in [-0.39, 0.29) is 0 Å². The molecule has 1 fully saturated rings. The predicted octanol–water partition coefficient (Wildman–Crippen LogP) is 2.01. The Kier molecular flexibility index (Phi) is 2.76. The first-order valence-corrected chi connectivity index (χ1v) is 7.64. The molecule has 3 rings (SSSR count). The zero-order chi connectivity index (χ0) is 12.8. The molecule has 1 aliphatic heterocycles. The molecule has 2 aromatic rings. The minimum absolute atomic E-state index is 0.321. The molecule has 0 radical (unpaired) electrons. The van der Waals surface area contributed by atoms with Gasteiger partial charge in [-0.05, 0) is 43.3 Å². The van der Waals surface area contributed by atoms with E-state index < -0.39 is 10.0 Å². The van der Waals surface area contributed by atoms with Gasteiger partial charge in [0.25, 0.3) is 0 Å². The van der Waals surface area contributed by atoms with E-state index in [0.717, 1.165) is 23.9 Å². The highest BCUT2D eigenvalue weighted by Crippen LogP contribution is 2.23. The molecule has 1 saturated heterocycles. The minimum Gasteiger partial charge on any atom is -0.331 e. The Morgan fingerprint density at radius 1 is 1.11 bits per heavy atom. The van der Waals surface area contributed by atoms with E-state index in [9.17, 15) is 8.42 Å². The van der Waals surface area contributed by atoms with E-state index >= 15 is 0 Å². The Hall–Kier alpha value is -1.18. The fraction of sp³-hybridized carbons (Fsp3) is 0.364. The first kappa shape index (κ1) is 11.9. The molecule has 0 atom stereocenters. The third-order valence-corrected chi connectivity index (χ3v) is 5.29. The average Bonchev–Trinajstić information content (AvgIpc) is 2.95. The van der Waals surface area contributed by atoms with Crippen LogP contribution in [0.5, 0.6) is 0 Å². The van der Waals surface area contributed by atoms with Gasteiger partial charge in [-0.1, -0.05) is 0 Å². The maximum absolute atomic E-state index is 12.4. The van der Waals surface area contributed by atoms with E-state index in [2.05, 4.69) is 9.97 Å². The van der Waals surface area contributed by atoms with Gasteiger partial charge in [0.1, 0.15) is 0 Å². The Labute approximate surface area is 110 Å². The third-order valence-electron chi connectivity index (χ3n) is 3.19. The van der Waals surface area contributed by atoms with Crippen molar-refractivity contribution in [3.63, 3.8) is 0 Å². The molecular weight excluding hydrogens is 270 g/mol. The number of benzene rings is 1. The number of fused-ring (bicyclic) bond motifs is 1. The normalized spacial score (nSPS) is 17.6. The highest BCUT2D eigenvalue weighted by Gasteiger charge is 2.27. The van der Waals surface area contributed by atoms with Gasteiger partial charge < -0.3 is 9.97 Å².